The molecule has 0 radical (unpaired) electrons. The molecule has 0 spiro atoms. The van der Waals surface area contributed by atoms with Crippen LogP contribution in [0.1, 0.15) is 10.4 Å². The first kappa shape index (κ1) is 21.7. The topological polar surface area (TPSA) is 141 Å². The van der Waals surface area contributed by atoms with Gasteiger partial charge in [0.1, 0.15) is 6.33 Å². The van der Waals surface area contributed by atoms with E-state index in [2.05, 4.69) is 21.0 Å². The third-order valence-electron chi connectivity index (χ3n) is 3.80. The van der Waals surface area contributed by atoms with Crippen molar-refractivity contribution in [2.24, 2.45) is 7.05 Å². The first-order valence-corrected chi connectivity index (χ1v) is 9.43. The average Bonchev–Trinajstić information content (AvgIpc) is 3.15. The van der Waals surface area contributed by atoms with Crippen molar-refractivity contribution in [3.63, 3.8) is 0 Å². The van der Waals surface area contributed by atoms with Crippen LogP contribution in [0.15, 0.2) is 58.8 Å². The second kappa shape index (κ2) is 9.67. The fraction of sp³-hybridized carbons (Fsp3) is 0.111. The van der Waals surface area contributed by atoms with E-state index in [0.29, 0.717) is 5.16 Å². The van der Waals surface area contributed by atoms with Gasteiger partial charge in [-0.3, -0.25) is 30.6 Å². The second-order valence-electron chi connectivity index (χ2n) is 5.99. The summed E-state index contributed by atoms with van der Waals surface area (Å²) in [6, 6.07) is 9.37. The molecule has 3 rings (SSSR count). The standard InChI is InChI=1S/C18H15FN6O5S/c1-24-10-20-23-18(24)31-15-7-6-11(8-13(15)25(28)29)17(27)22-21-16(26)9-30-14-5-3-2-4-12(14)19/h2-8,10H,9H2,1H3,(H,21,26)(H,22,27). The molecule has 0 aliphatic heterocycles. The Bertz CT molecular complexity index is 1140. The van der Waals surface area contributed by atoms with E-state index in [4.69, 9.17) is 4.74 Å². The maximum absolute atomic E-state index is 13.5. The van der Waals surface area contributed by atoms with Gasteiger partial charge in [0, 0.05) is 18.7 Å². The molecular weight excluding hydrogens is 431 g/mol. The fourth-order valence-electron chi connectivity index (χ4n) is 2.29. The Hall–Kier alpha value is -4.00. The SMILES string of the molecule is Cn1cnnc1Sc1ccc(C(=O)NNC(=O)COc2ccccc2F)cc1[N+](=O)[O-]. The predicted octanol–water partition coefficient (Wildman–Crippen LogP) is 1.85. The molecule has 2 N–H and O–H groups in total. The first-order valence-electron chi connectivity index (χ1n) is 8.62. The lowest BCUT2D eigenvalue weighted by atomic mass is 10.2. The number of nitro groups is 1. The minimum Gasteiger partial charge on any atom is -0.481 e. The number of carbonyl (C=O) groups is 2. The van der Waals surface area contributed by atoms with Gasteiger partial charge in [0.25, 0.3) is 17.5 Å². The number of halogens is 1. The van der Waals surface area contributed by atoms with Gasteiger partial charge >= 0.3 is 0 Å². The van der Waals surface area contributed by atoms with Gasteiger partial charge in [-0.1, -0.05) is 12.1 Å². The van der Waals surface area contributed by atoms with Crippen LogP contribution in [0, 0.1) is 15.9 Å². The van der Waals surface area contributed by atoms with Crippen LogP contribution in [0.25, 0.3) is 0 Å². The van der Waals surface area contributed by atoms with E-state index >= 15 is 0 Å². The number of amides is 2. The molecule has 0 saturated carbocycles. The number of carbonyl (C=O) groups excluding carboxylic acids is 2. The summed E-state index contributed by atoms with van der Waals surface area (Å²) in [4.78, 5) is 35.1. The molecule has 0 fully saturated rings. The third kappa shape index (κ3) is 5.54. The van der Waals surface area contributed by atoms with Gasteiger partial charge in [0.2, 0.25) is 0 Å². The van der Waals surface area contributed by atoms with Crippen LogP contribution in [-0.2, 0) is 11.8 Å². The quantitative estimate of drug-likeness (QED) is 0.414. The Labute approximate surface area is 178 Å². The first-order chi connectivity index (χ1) is 14.8. The highest BCUT2D eigenvalue weighted by Gasteiger charge is 2.20. The molecular formula is C18H15FN6O5S. The van der Waals surface area contributed by atoms with Crippen LogP contribution >= 0.6 is 11.8 Å². The van der Waals surface area contributed by atoms with Gasteiger partial charge in [-0.2, -0.15) is 0 Å². The van der Waals surface area contributed by atoms with Crippen LogP contribution in [0.2, 0.25) is 0 Å². The molecule has 0 atom stereocenters. The normalized spacial score (nSPS) is 10.4. The number of hydrogen-bond acceptors (Lipinski definition) is 8. The Morgan fingerprint density at radius 3 is 2.71 bits per heavy atom. The number of hydrogen-bond donors (Lipinski definition) is 2. The number of aromatic nitrogens is 3. The van der Waals surface area contributed by atoms with Crippen LogP contribution in [-0.4, -0.2) is 38.1 Å². The van der Waals surface area contributed by atoms with Crippen LogP contribution in [0.3, 0.4) is 0 Å². The Morgan fingerprint density at radius 2 is 2.03 bits per heavy atom. The summed E-state index contributed by atoms with van der Waals surface area (Å²) in [6.07, 6.45) is 1.45. The summed E-state index contributed by atoms with van der Waals surface area (Å²) in [5.41, 5.74) is 3.86. The minimum absolute atomic E-state index is 0.0515. The summed E-state index contributed by atoms with van der Waals surface area (Å²) < 4.78 is 20.1. The van der Waals surface area contributed by atoms with E-state index in [1.807, 2.05) is 0 Å². The Morgan fingerprint density at radius 1 is 1.26 bits per heavy atom. The van der Waals surface area contributed by atoms with Crippen molar-refractivity contribution in [2.75, 3.05) is 6.61 Å². The maximum atomic E-state index is 13.5. The summed E-state index contributed by atoms with van der Waals surface area (Å²) >= 11 is 1.02. The van der Waals surface area contributed by atoms with Crippen LogP contribution in [0.5, 0.6) is 5.75 Å². The molecule has 3 aromatic rings. The number of nitrogens with zero attached hydrogens (tertiary/aromatic N) is 4. The van der Waals surface area contributed by atoms with Crippen molar-refractivity contribution >= 4 is 29.3 Å². The number of rotatable bonds is 7. The van der Waals surface area contributed by atoms with E-state index in [1.54, 1.807) is 11.6 Å². The van der Waals surface area contributed by atoms with Crippen LogP contribution < -0.4 is 15.6 Å². The lowest BCUT2D eigenvalue weighted by Crippen LogP contribution is -2.43. The smallest absolute Gasteiger partial charge is 0.284 e. The molecule has 31 heavy (non-hydrogen) atoms. The number of para-hydroxylation sites is 1. The van der Waals surface area contributed by atoms with Crippen molar-refractivity contribution in [3.05, 3.63) is 70.3 Å². The van der Waals surface area contributed by atoms with E-state index in [-0.39, 0.29) is 21.9 Å². The number of nitro benzene ring substituents is 1. The molecule has 2 aromatic carbocycles. The number of hydrazine groups is 1. The monoisotopic (exact) mass is 446 g/mol. The van der Waals surface area contributed by atoms with Gasteiger partial charge < -0.3 is 9.30 Å². The highest BCUT2D eigenvalue weighted by molar-refractivity contribution is 7.99. The highest BCUT2D eigenvalue weighted by Crippen LogP contribution is 2.34. The van der Waals surface area contributed by atoms with Gasteiger partial charge in [-0.05, 0) is 36.0 Å². The van der Waals surface area contributed by atoms with E-state index < -0.39 is 29.2 Å². The molecule has 0 saturated heterocycles. The Balaban J connectivity index is 1.61. The molecule has 1 aromatic heterocycles. The molecule has 0 bridgehead atoms. The molecule has 13 heteroatoms. The summed E-state index contributed by atoms with van der Waals surface area (Å²) in [7, 11) is 1.69. The number of ether oxygens (including phenoxy) is 1. The average molecular weight is 446 g/mol. The predicted molar refractivity (Wildman–Crippen MR) is 106 cm³/mol. The Kier molecular flexibility index (Phi) is 6.77. The van der Waals surface area contributed by atoms with Crippen molar-refractivity contribution in [2.45, 2.75) is 10.1 Å². The van der Waals surface area contributed by atoms with Gasteiger partial charge in [-0.25, -0.2) is 4.39 Å². The summed E-state index contributed by atoms with van der Waals surface area (Å²) in [5.74, 6) is -2.28. The second-order valence-corrected chi connectivity index (χ2v) is 7.00. The number of aryl methyl sites for hydroxylation is 1. The molecule has 160 valence electrons. The van der Waals surface area contributed by atoms with Crippen molar-refractivity contribution in [1.29, 1.82) is 0 Å². The summed E-state index contributed by atoms with van der Waals surface area (Å²) in [5, 5.41) is 19.4. The lowest BCUT2D eigenvalue weighted by Gasteiger charge is -2.10. The number of benzene rings is 2. The summed E-state index contributed by atoms with van der Waals surface area (Å²) in [6.45, 7) is -0.547. The van der Waals surface area contributed by atoms with Crippen molar-refractivity contribution in [3.8, 4) is 5.75 Å². The molecule has 0 aliphatic carbocycles. The van der Waals surface area contributed by atoms with Gasteiger partial charge in [-0.15, -0.1) is 10.2 Å². The molecule has 1 heterocycles. The van der Waals surface area contributed by atoms with E-state index in [9.17, 15) is 24.1 Å². The number of nitrogens with one attached hydrogen (secondary N) is 2. The fourth-order valence-corrected chi connectivity index (χ4v) is 3.14. The molecule has 2 amide bonds. The van der Waals surface area contributed by atoms with Crippen LogP contribution in [0.4, 0.5) is 10.1 Å². The third-order valence-corrected chi connectivity index (χ3v) is 4.92. The van der Waals surface area contributed by atoms with Gasteiger partial charge in [0.05, 0.1) is 9.82 Å². The van der Waals surface area contributed by atoms with Gasteiger partial charge in [0.15, 0.2) is 23.3 Å². The zero-order valence-electron chi connectivity index (χ0n) is 15.9. The lowest BCUT2D eigenvalue weighted by molar-refractivity contribution is -0.387. The minimum atomic E-state index is -0.780. The molecule has 0 unspecified atom stereocenters. The molecule has 0 aliphatic rings. The van der Waals surface area contributed by atoms with Crippen molar-refractivity contribution in [1.82, 2.24) is 25.6 Å². The van der Waals surface area contributed by atoms with E-state index in [0.717, 1.165) is 17.8 Å². The van der Waals surface area contributed by atoms with Crippen molar-refractivity contribution < 1.29 is 23.6 Å². The zero-order chi connectivity index (χ0) is 22.4. The highest BCUT2D eigenvalue weighted by atomic mass is 32.2. The maximum Gasteiger partial charge on any atom is 0.284 e. The largest absolute Gasteiger partial charge is 0.481 e. The zero-order valence-corrected chi connectivity index (χ0v) is 16.8. The molecule has 11 nitrogen and oxygen atoms in total. The van der Waals surface area contributed by atoms with E-state index in [1.165, 1.54) is 42.7 Å².